The van der Waals surface area contributed by atoms with E-state index < -0.39 is 0 Å². The van der Waals surface area contributed by atoms with Crippen LogP contribution in [0.1, 0.15) is 44.3 Å². The molecule has 4 fully saturated rings. The number of amides is 2. The normalized spacial score (nSPS) is 24.3. The van der Waals surface area contributed by atoms with Crippen molar-refractivity contribution in [3.63, 3.8) is 0 Å². The molecule has 1 aromatic heterocycles. The average Bonchev–Trinajstić information content (AvgIpc) is 3.79. The SMILES string of the molecule is COc1ccc(-c2ccc(/C=C3\SC(=S)N(C4CC5CCC4C5)C3=O)o2)cc1OCC(=O)N1CCCC1.O=C=O. The molecule has 11 heteroatoms. The van der Waals surface area contributed by atoms with E-state index in [1.165, 1.54) is 31.0 Å². The number of carbonyl (C=O) groups excluding carboxylic acids is 4. The fourth-order valence-corrected chi connectivity index (χ4v) is 7.50. The van der Waals surface area contributed by atoms with Gasteiger partial charge in [-0.15, -0.1) is 0 Å². The van der Waals surface area contributed by atoms with Gasteiger partial charge in [0, 0.05) is 30.8 Å². The van der Waals surface area contributed by atoms with Crippen LogP contribution in [0.15, 0.2) is 39.7 Å². The third kappa shape index (κ3) is 5.87. The Hall–Kier alpha value is -3.40. The van der Waals surface area contributed by atoms with Crippen LogP contribution in [0.3, 0.4) is 0 Å². The highest BCUT2D eigenvalue weighted by atomic mass is 32.2. The number of furan rings is 1. The number of likely N-dealkylation sites (tertiary alicyclic amines) is 1. The Balaban J connectivity index is 0.00000103. The van der Waals surface area contributed by atoms with Crippen molar-refractivity contribution in [2.75, 3.05) is 26.8 Å². The molecule has 2 saturated carbocycles. The molecule has 1 aromatic carbocycles. The number of thiocarbonyl (C=S) groups is 1. The van der Waals surface area contributed by atoms with E-state index in [0.717, 1.165) is 43.8 Å². The summed E-state index contributed by atoms with van der Waals surface area (Å²) in [5.41, 5.74) is 0.790. The summed E-state index contributed by atoms with van der Waals surface area (Å²) in [7, 11) is 1.57. The van der Waals surface area contributed by atoms with Gasteiger partial charge in [-0.3, -0.25) is 14.5 Å². The van der Waals surface area contributed by atoms with Gasteiger partial charge in [-0.25, -0.2) is 0 Å². The van der Waals surface area contributed by atoms with E-state index in [1.807, 2.05) is 34.1 Å². The number of fused-ring (bicyclic) bond motifs is 2. The molecule has 2 aromatic rings. The predicted molar refractivity (Wildman–Crippen MR) is 151 cm³/mol. The molecule has 2 bridgehead atoms. The topological polar surface area (TPSA) is 106 Å². The minimum Gasteiger partial charge on any atom is -0.493 e. The van der Waals surface area contributed by atoms with Crippen LogP contribution in [0.25, 0.3) is 17.4 Å². The lowest BCUT2D eigenvalue weighted by Gasteiger charge is -2.30. The zero-order valence-corrected chi connectivity index (χ0v) is 23.8. The summed E-state index contributed by atoms with van der Waals surface area (Å²) in [6.45, 7) is 1.54. The van der Waals surface area contributed by atoms with Crippen LogP contribution in [0.5, 0.6) is 11.5 Å². The van der Waals surface area contributed by atoms with Crippen molar-refractivity contribution >= 4 is 52.3 Å². The number of benzene rings is 1. The second kappa shape index (κ2) is 12.4. The lowest BCUT2D eigenvalue weighted by atomic mass is 9.94. The molecule has 3 heterocycles. The van der Waals surface area contributed by atoms with Crippen LogP contribution in [-0.4, -0.2) is 64.9 Å². The van der Waals surface area contributed by atoms with E-state index in [2.05, 4.69) is 0 Å². The fraction of sp³-hybridized carbons (Fsp3) is 0.448. The number of hydrogen-bond donors (Lipinski definition) is 0. The molecule has 2 amide bonds. The van der Waals surface area contributed by atoms with Gasteiger partial charge in [-0.1, -0.05) is 30.4 Å². The largest absolute Gasteiger partial charge is 0.493 e. The van der Waals surface area contributed by atoms with Gasteiger partial charge in [0.05, 0.1) is 12.0 Å². The molecule has 3 atom stereocenters. The van der Waals surface area contributed by atoms with Crippen molar-refractivity contribution < 1.29 is 33.1 Å². The van der Waals surface area contributed by atoms with Crippen molar-refractivity contribution in [1.82, 2.24) is 9.80 Å². The second-order valence-corrected chi connectivity index (χ2v) is 12.0. The van der Waals surface area contributed by atoms with E-state index in [9.17, 15) is 9.59 Å². The summed E-state index contributed by atoms with van der Waals surface area (Å²) < 4.78 is 18.0. The molecule has 0 spiro atoms. The number of carbonyl (C=O) groups is 2. The number of nitrogens with zero attached hydrogens (tertiary/aromatic N) is 2. The predicted octanol–water partition coefficient (Wildman–Crippen LogP) is 4.76. The van der Waals surface area contributed by atoms with Crippen LogP contribution in [-0.2, 0) is 19.2 Å². The van der Waals surface area contributed by atoms with Gasteiger partial charge >= 0.3 is 6.15 Å². The molecule has 0 N–H and O–H groups in total. The van der Waals surface area contributed by atoms with Crippen molar-refractivity contribution in [3.8, 4) is 22.8 Å². The maximum Gasteiger partial charge on any atom is 0.373 e. The summed E-state index contributed by atoms with van der Waals surface area (Å²) in [6, 6.07) is 9.45. The first-order valence-corrected chi connectivity index (χ1v) is 14.6. The van der Waals surface area contributed by atoms with Gasteiger partial charge in [0.15, 0.2) is 18.1 Å². The first kappa shape index (κ1) is 28.1. The minimum atomic E-state index is -0.0341. The van der Waals surface area contributed by atoms with Crippen molar-refractivity contribution in [3.05, 3.63) is 41.0 Å². The Bertz CT molecular complexity index is 1360. The Morgan fingerprint density at radius 2 is 1.93 bits per heavy atom. The number of thioether (sulfide) groups is 1. The maximum atomic E-state index is 13.2. The summed E-state index contributed by atoms with van der Waals surface area (Å²) in [4.78, 5) is 46.2. The van der Waals surface area contributed by atoms with Gasteiger partial charge in [-0.2, -0.15) is 9.59 Å². The number of ether oxygens (including phenoxy) is 2. The van der Waals surface area contributed by atoms with Crippen LogP contribution in [0.4, 0.5) is 0 Å². The fourth-order valence-electron chi connectivity index (χ4n) is 6.15. The van der Waals surface area contributed by atoms with E-state index in [-0.39, 0.29) is 30.6 Å². The zero-order chi connectivity index (χ0) is 28.2. The number of methoxy groups -OCH3 is 1. The molecule has 2 saturated heterocycles. The quantitative estimate of drug-likeness (QED) is 0.337. The molecule has 4 aliphatic rings. The van der Waals surface area contributed by atoms with Crippen LogP contribution in [0.2, 0.25) is 0 Å². The minimum absolute atomic E-state index is 0.00620. The Labute approximate surface area is 241 Å². The first-order chi connectivity index (χ1) is 19.4. The van der Waals surface area contributed by atoms with Gasteiger partial charge < -0.3 is 18.8 Å². The third-order valence-electron chi connectivity index (χ3n) is 8.01. The average molecular weight is 583 g/mol. The number of hydrogen-bond acceptors (Lipinski definition) is 9. The van der Waals surface area contributed by atoms with Gasteiger partial charge in [-0.05, 0) is 74.3 Å². The molecule has 2 aliphatic heterocycles. The molecule has 6 rings (SSSR count). The highest BCUT2D eigenvalue weighted by Gasteiger charge is 2.48. The Morgan fingerprint density at radius 3 is 2.60 bits per heavy atom. The summed E-state index contributed by atoms with van der Waals surface area (Å²) in [5, 5.41) is 0. The summed E-state index contributed by atoms with van der Waals surface area (Å²) >= 11 is 6.96. The molecule has 210 valence electrons. The molecule has 0 radical (unpaired) electrons. The first-order valence-electron chi connectivity index (χ1n) is 13.4. The van der Waals surface area contributed by atoms with Gasteiger partial charge in [0.25, 0.3) is 11.8 Å². The molecule has 9 nitrogen and oxygen atoms in total. The molecular weight excluding hydrogens is 552 g/mol. The molecule has 40 heavy (non-hydrogen) atoms. The summed E-state index contributed by atoms with van der Waals surface area (Å²) in [5.74, 6) is 3.55. The Morgan fingerprint density at radius 1 is 1.15 bits per heavy atom. The third-order valence-corrected chi connectivity index (χ3v) is 9.34. The van der Waals surface area contributed by atoms with Crippen molar-refractivity contribution in [1.29, 1.82) is 0 Å². The number of rotatable bonds is 7. The van der Waals surface area contributed by atoms with E-state index in [4.69, 9.17) is 35.7 Å². The molecule has 2 aliphatic carbocycles. The van der Waals surface area contributed by atoms with Gasteiger partial charge in [0.1, 0.15) is 15.8 Å². The van der Waals surface area contributed by atoms with E-state index in [0.29, 0.717) is 38.2 Å². The standard InChI is InChI=1S/C28H30N2O5S2.CO2/c1-33-23-8-6-19(14-24(23)34-16-26(31)29-10-2-3-11-29)22-9-7-20(35-22)15-25-27(32)30(28(36)37-25)21-13-17-4-5-18(21)12-17;2-1-3/h6-9,14-15,17-18,21H,2-5,10-13,16H2,1H3;/b25-15-;. The van der Waals surface area contributed by atoms with Crippen molar-refractivity contribution in [2.24, 2.45) is 11.8 Å². The monoisotopic (exact) mass is 582 g/mol. The lowest BCUT2D eigenvalue weighted by molar-refractivity contribution is -0.191. The Kier molecular flexibility index (Phi) is 8.73. The summed E-state index contributed by atoms with van der Waals surface area (Å²) in [6.07, 6.45) is 8.89. The van der Waals surface area contributed by atoms with E-state index >= 15 is 0 Å². The smallest absolute Gasteiger partial charge is 0.373 e. The highest BCUT2D eigenvalue weighted by Crippen LogP contribution is 2.49. The molecular formula is C29H30N2O7S2. The van der Waals surface area contributed by atoms with Crippen LogP contribution < -0.4 is 9.47 Å². The van der Waals surface area contributed by atoms with Crippen molar-refractivity contribution in [2.45, 2.75) is 44.6 Å². The molecule has 3 unspecified atom stereocenters. The highest BCUT2D eigenvalue weighted by molar-refractivity contribution is 8.26. The lowest BCUT2D eigenvalue weighted by Crippen LogP contribution is -2.41. The second-order valence-electron chi connectivity index (χ2n) is 10.3. The van der Waals surface area contributed by atoms with Crippen LogP contribution >= 0.6 is 24.0 Å². The van der Waals surface area contributed by atoms with E-state index in [1.54, 1.807) is 19.3 Å². The van der Waals surface area contributed by atoms with Gasteiger partial charge in [0.2, 0.25) is 0 Å². The zero-order valence-electron chi connectivity index (χ0n) is 22.1. The van der Waals surface area contributed by atoms with Crippen LogP contribution in [0, 0.1) is 11.8 Å². The maximum absolute atomic E-state index is 13.2.